The molecule has 186 valence electrons. The molecule has 0 spiro atoms. The topological polar surface area (TPSA) is 102 Å². The van der Waals surface area contributed by atoms with Crippen LogP contribution in [0.4, 0.5) is 5.13 Å². The number of amides is 2. The van der Waals surface area contributed by atoms with Crippen molar-refractivity contribution < 1.29 is 9.59 Å². The van der Waals surface area contributed by atoms with E-state index in [1.54, 1.807) is 12.1 Å². The molecule has 1 atom stereocenters. The first-order chi connectivity index (χ1) is 17.3. The number of benzene rings is 2. The lowest BCUT2D eigenvalue weighted by atomic mass is 10.0. The maximum atomic E-state index is 12.7. The highest BCUT2D eigenvalue weighted by Gasteiger charge is 2.25. The fourth-order valence-corrected chi connectivity index (χ4v) is 4.99. The normalized spacial score (nSPS) is 11.9. The van der Waals surface area contributed by atoms with Crippen molar-refractivity contribution in [2.24, 2.45) is 13.0 Å². The van der Waals surface area contributed by atoms with Crippen LogP contribution in [0, 0.1) is 12.8 Å². The largest absolute Gasteiger partial charge is 0.342 e. The molecule has 2 N–H and O–H groups in total. The SMILES string of the molecule is Cc1ccc(-c2csc(NC(=O)CSc3nnc([C@H](NC(=O)c4ccccc4)C(C)C)n3C)n2)cc1. The second-order valence-corrected chi connectivity index (χ2v) is 10.5. The average molecular weight is 521 g/mol. The Balaban J connectivity index is 1.36. The van der Waals surface area contributed by atoms with Crippen LogP contribution in [-0.4, -0.2) is 37.3 Å². The van der Waals surface area contributed by atoms with Crippen LogP contribution in [0.25, 0.3) is 11.3 Å². The molecule has 2 heterocycles. The van der Waals surface area contributed by atoms with Gasteiger partial charge < -0.3 is 15.2 Å². The van der Waals surface area contributed by atoms with Crippen LogP contribution in [0.15, 0.2) is 65.1 Å². The molecular formula is C26H28N6O2S2. The van der Waals surface area contributed by atoms with Gasteiger partial charge in [0.1, 0.15) is 0 Å². The fraction of sp³-hybridized carbons (Fsp3) is 0.269. The minimum atomic E-state index is -0.325. The maximum absolute atomic E-state index is 12.7. The predicted molar refractivity (Wildman–Crippen MR) is 144 cm³/mol. The number of hydrogen-bond acceptors (Lipinski definition) is 7. The van der Waals surface area contributed by atoms with Crippen LogP contribution < -0.4 is 10.6 Å². The molecular weight excluding hydrogens is 492 g/mol. The molecule has 0 unspecified atom stereocenters. The summed E-state index contributed by atoms with van der Waals surface area (Å²) in [6.45, 7) is 6.07. The molecule has 0 bridgehead atoms. The van der Waals surface area contributed by atoms with Crippen LogP contribution in [-0.2, 0) is 11.8 Å². The molecule has 36 heavy (non-hydrogen) atoms. The Bertz CT molecular complexity index is 1330. The van der Waals surface area contributed by atoms with Gasteiger partial charge in [0.15, 0.2) is 16.1 Å². The summed E-state index contributed by atoms with van der Waals surface area (Å²) in [6.07, 6.45) is 0. The first kappa shape index (κ1) is 25.6. The van der Waals surface area contributed by atoms with Crippen molar-refractivity contribution in [3.63, 3.8) is 0 Å². The van der Waals surface area contributed by atoms with Crippen molar-refractivity contribution in [3.05, 3.63) is 76.9 Å². The van der Waals surface area contributed by atoms with E-state index < -0.39 is 0 Å². The van der Waals surface area contributed by atoms with E-state index in [1.165, 1.54) is 28.7 Å². The second-order valence-electron chi connectivity index (χ2n) is 8.70. The summed E-state index contributed by atoms with van der Waals surface area (Å²) in [7, 11) is 1.84. The van der Waals surface area contributed by atoms with Gasteiger partial charge in [0, 0.05) is 23.6 Å². The van der Waals surface area contributed by atoms with Gasteiger partial charge in [0.05, 0.1) is 17.5 Å². The zero-order valence-electron chi connectivity index (χ0n) is 20.6. The van der Waals surface area contributed by atoms with E-state index in [2.05, 4.69) is 25.8 Å². The maximum Gasteiger partial charge on any atom is 0.251 e. The van der Waals surface area contributed by atoms with E-state index in [0.29, 0.717) is 21.7 Å². The smallest absolute Gasteiger partial charge is 0.251 e. The Hall–Kier alpha value is -3.50. The van der Waals surface area contributed by atoms with Crippen molar-refractivity contribution >= 4 is 40.0 Å². The van der Waals surface area contributed by atoms with Gasteiger partial charge in [-0.2, -0.15) is 0 Å². The summed E-state index contributed by atoms with van der Waals surface area (Å²) in [5.74, 6) is 0.550. The molecule has 2 amide bonds. The summed E-state index contributed by atoms with van der Waals surface area (Å²) in [5.41, 5.74) is 3.62. The van der Waals surface area contributed by atoms with Crippen LogP contribution in [0.5, 0.6) is 0 Å². The highest BCUT2D eigenvalue weighted by Crippen LogP contribution is 2.27. The van der Waals surface area contributed by atoms with Crippen LogP contribution in [0.1, 0.15) is 41.6 Å². The molecule has 0 fully saturated rings. The quantitative estimate of drug-likeness (QED) is 0.298. The highest BCUT2D eigenvalue weighted by atomic mass is 32.2. The van der Waals surface area contributed by atoms with Crippen LogP contribution in [0.2, 0.25) is 0 Å². The Morgan fingerprint density at radius 3 is 2.47 bits per heavy atom. The van der Waals surface area contributed by atoms with E-state index in [4.69, 9.17) is 0 Å². The van der Waals surface area contributed by atoms with Crippen molar-refractivity contribution in [2.75, 3.05) is 11.1 Å². The molecule has 4 aromatic rings. The van der Waals surface area contributed by atoms with Gasteiger partial charge in [-0.1, -0.05) is 73.6 Å². The van der Waals surface area contributed by atoms with Gasteiger partial charge >= 0.3 is 0 Å². The summed E-state index contributed by atoms with van der Waals surface area (Å²) >= 11 is 2.68. The number of carbonyl (C=O) groups excluding carboxylic acids is 2. The van der Waals surface area contributed by atoms with Crippen molar-refractivity contribution in [2.45, 2.75) is 32.0 Å². The summed E-state index contributed by atoms with van der Waals surface area (Å²) in [5, 5.41) is 17.6. The molecule has 2 aromatic heterocycles. The molecule has 8 nitrogen and oxygen atoms in total. The third-order valence-corrected chi connectivity index (χ3v) is 7.34. The van der Waals surface area contributed by atoms with E-state index in [0.717, 1.165) is 11.3 Å². The van der Waals surface area contributed by atoms with Crippen molar-refractivity contribution in [1.29, 1.82) is 0 Å². The van der Waals surface area contributed by atoms with E-state index in [1.807, 2.05) is 80.2 Å². The van der Waals surface area contributed by atoms with E-state index in [9.17, 15) is 9.59 Å². The molecule has 0 saturated carbocycles. The predicted octanol–water partition coefficient (Wildman–Crippen LogP) is 5.10. The number of hydrogen-bond donors (Lipinski definition) is 2. The fourth-order valence-electron chi connectivity index (χ4n) is 3.54. The number of nitrogens with zero attached hydrogens (tertiary/aromatic N) is 4. The van der Waals surface area contributed by atoms with Gasteiger partial charge in [-0.15, -0.1) is 21.5 Å². The van der Waals surface area contributed by atoms with Gasteiger partial charge in [0.2, 0.25) is 5.91 Å². The lowest BCUT2D eigenvalue weighted by Crippen LogP contribution is -2.33. The monoisotopic (exact) mass is 520 g/mol. The summed E-state index contributed by atoms with van der Waals surface area (Å²) < 4.78 is 1.83. The zero-order valence-corrected chi connectivity index (χ0v) is 22.2. The van der Waals surface area contributed by atoms with Crippen LogP contribution >= 0.6 is 23.1 Å². The molecule has 0 aliphatic rings. The number of nitrogens with one attached hydrogen (secondary N) is 2. The van der Waals surface area contributed by atoms with Gasteiger partial charge in [0.25, 0.3) is 5.91 Å². The lowest BCUT2D eigenvalue weighted by molar-refractivity contribution is -0.113. The standard InChI is InChI=1S/C26H28N6O2S2/c1-16(2)22(29-24(34)19-8-6-5-7-9-19)23-30-31-26(32(23)4)36-15-21(33)28-25-27-20(14-35-25)18-12-10-17(3)11-13-18/h5-14,16,22H,15H2,1-4H3,(H,29,34)(H,27,28,33)/t22-/m1/s1. The lowest BCUT2D eigenvalue weighted by Gasteiger charge is -2.21. The minimum Gasteiger partial charge on any atom is -0.342 e. The highest BCUT2D eigenvalue weighted by molar-refractivity contribution is 7.99. The van der Waals surface area contributed by atoms with Gasteiger partial charge in [-0.25, -0.2) is 4.98 Å². The molecule has 0 saturated heterocycles. The zero-order chi connectivity index (χ0) is 25.7. The first-order valence-electron chi connectivity index (χ1n) is 11.5. The Labute approximate surface area is 218 Å². The number of thiazole rings is 1. The first-order valence-corrected chi connectivity index (χ1v) is 13.4. The van der Waals surface area contributed by atoms with E-state index in [-0.39, 0.29) is 29.5 Å². The summed E-state index contributed by atoms with van der Waals surface area (Å²) in [6, 6.07) is 16.9. The van der Waals surface area contributed by atoms with Crippen molar-refractivity contribution in [3.8, 4) is 11.3 Å². The third kappa shape index (κ3) is 6.19. The van der Waals surface area contributed by atoms with E-state index >= 15 is 0 Å². The Morgan fingerprint density at radius 1 is 1.06 bits per heavy atom. The number of anilines is 1. The average Bonchev–Trinajstić information content (AvgIpc) is 3.48. The molecule has 4 rings (SSSR count). The minimum absolute atomic E-state index is 0.0920. The Kier molecular flexibility index (Phi) is 8.17. The molecule has 10 heteroatoms. The third-order valence-electron chi connectivity index (χ3n) is 5.57. The Morgan fingerprint density at radius 2 is 1.78 bits per heavy atom. The molecule has 0 aliphatic heterocycles. The number of rotatable bonds is 9. The van der Waals surface area contributed by atoms with Crippen molar-refractivity contribution in [1.82, 2.24) is 25.1 Å². The van der Waals surface area contributed by atoms with Crippen LogP contribution in [0.3, 0.4) is 0 Å². The van der Waals surface area contributed by atoms with Gasteiger partial charge in [-0.3, -0.25) is 9.59 Å². The number of carbonyl (C=O) groups is 2. The number of aromatic nitrogens is 4. The number of thioether (sulfide) groups is 1. The molecule has 2 aromatic carbocycles. The number of aryl methyl sites for hydroxylation is 1. The van der Waals surface area contributed by atoms with Gasteiger partial charge in [-0.05, 0) is 25.0 Å². The molecule has 0 aliphatic carbocycles. The second kappa shape index (κ2) is 11.5. The molecule has 0 radical (unpaired) electrons. The summed E-state index contributed by atoms with van der Waals surface area (Å²) in [4.78, 5) is 29.8.